The van der Waals surface area contributed by atoms with E-state index < -0.39 is 0 Å². The molecule has 0 saturated carbocycles. The Kier molecular flexibility index (Phi) is 5.58. The summed E-state index contributed by atoms with van der Waals surface area (Å²) < 4.78 is 0. The Bertz CT molecular complexity index is 322. The van der Waals surface area contributed by atoms with E-state index in [1.807, 2.05) is 12.4 Å². The van der Waals surface area contributed by atoms with E-state index >= 15 is 0 Å². The molecule has 0 radical (unpaired) electrons. The molecule has 1 aliphatic heterocycles. The van der Waals surface area contributed by atoms with Crippen molar-refractivity contribution in [3.05, 3.63) is 30.1 Å². The number of nitrogens with one attached hydrogen (secondary N) is 2. The number of rotatable bonds is 6. The number of hydrogen-bond acceptors (Lipinski definition) is 4. The largest absolute Gasteiger partial charge is 0.314 e. The highest BCUT2D eigenvalue weighted by atomic mass is 15.2. The van der Waals surface area contributed by atoms with E-state index in [4.69, 9.17) is 0 Å². The van der Waals surface area contributed by atoms with Gasteiger partial charge in [0.1, 0.15) is 0 Å². The summed E-state index contributed by atoms with van der Waals surface area (Å²) in [6.07, 6.45) is 4.91. The summed E-state index contributed by atoms with van der Waals surface area (Å²) in [5, 5.41) is 6.90. The van der Waals surface area contributed by atoms with Gasteiger partial charge in [-0.1, -0.05) is 0 Å². The highest BCUT2D eigenvalue weighted by Crippen LogP contribution is 2.04. The van der Waals surface area contributed by atoms with Crippen LogP contribution in [0.2, 0.25) is 0 Å². The lowest BCUT2D eigenvalue weighted by Gasteiger charge is -2.32. The molecule has 1 fully saturated rings. The van der Waals surface area contributed by atoms with Crippen molar-refractivity contribution < 1.29 is 0 Å². The fraction of sp³-hybridized carbons (Fsp3) is 0.643. The molecular weight excluding hydrogens is 224 g/mol. The van der Waals surface area contributed by atoms with Crippen LogP contribution in [0.25, 0.3) is 0 Å². The summed E-state index contributed by atoms with van der Waals surface area (Å²) >= 11 is 0. The van der Waals surface area contributed by atoms with Crippen LogP contribution in [0.5, 0.6) is 0 Å². The van der Waals surface area contributed by atoms with Crippen molar-refractivity contribution in [2.45, 2.75) is 25.9 Å². The van der Waals surface area contributed by atoms with E-state index in [-0.39, 0.29) is 0 Å². The summed E-state index contributed by atoms with van der Waals surface area (Å²) in [4.78, 5) is 6.60. The van der Waals surface area contributed by atoms with Gasteiger partial charge in [0.05, 0.1) is 0 Å². The number of hydrogen-bond donors (Lipinski definition) is 2. The van der Waals surface area contributed by atoms with Gasteiger partial charge in [0, 0.05) is 51.2 Å². The molecular formula is C14H24N4. The smallest absolute Gasteiger partial charge is 0.0271 e. The first-order valence-electron chi connectivity index (χ1n) is 6.90. The van der Waals surface area contributed by atoms with E-state index in [2.05, 4.69) is 39.6 Å². The molecule has 2 rings (SSSR count). The maximum atomic E-state index is 4.02. The quantitative estimate of drug-likeness (QED) is 0.733. The van der Waals surface area contributed by atoms with Crippen LogP contribution >= 0.6 is 0 Å². The Hall–Kier alpha value is -0.970. The predicted molar refractivity (Wildman–Crippen MR) is 74.5 cm³/mol. The molecule has 2 N–H and O–H groups in total. The summed E-state index contributed by atoms with van der Waals surface area (Å²) in [6, 6.07) is 4.80. The Morgan fingerprint density at radius 3 is 2.78 bits per heavy atom. The summed E-state index contributed by atoms with van der Waals surface area (Å²) in [7, 11) is 0. The summed E-state index contributed by atoms with van der Waals surface area (Å²) in [5.74, 6) is 0. The lowest BCUT2D eigenvalue weighted by atomic mass is 10.1. The molecule has 1 unspecified atom stereocenters. The molecule has 0 spiro atoms. The highest BCUT2D eigenvalue weighted by Gasteiger charge is 2.15. The van der Waals surface area contributed by atoms with Crippen molar-refractivity contribution in [2.24, 2.45) is 0 Å². The topological polar surface area (TPSA) is 40.2 Å². The zero-order chi connectivity index (χ0) is 12.6. The average Bonchev–Trinajstić information content (AvgIpc) is 2.45. The minimum Gasteiger partial charge on any atom is -0.314 e. The maximum Gasteiger partial charge on any atom is 0.0271 e. The summed E-state index contributed by atoms with van der Waals surface area (Å²) in [6.45, 7) is 8.99. The third-order valence-corrected chi connectivity index (χ3v) is 3.59. The van der Waals surface area contributed by atoms with Crippen LogP contribution < -0.4 is 10.6 Å². The minimum absolute atomic E-state index is 0.678. The van der Waals surface area contributed by atoms with Crippen LogP contribution in [-0.2, 0) is 6.54 Å². The molecule has 4 heteroatoms. The lowest BCUT2D eigenvalue weighted by Crippen LogP contribution is -2.48. The number of pyridine rings is 1. The van der Waals surface area contributed by atoms with E-state index in [9.17, 15) is 0 Å². The number of piperazine rings is 1. The van der Waals surface area contributed by atoms with Crippen molar-refractivity contribution in [3.8, 4) is 0 Å². The third-order valence-electron chi connectivity index (χ3n) is 3.59. The molecule has 1 aliphatic rings. The third kappa shape index (κ3) is 4.37. The van der Waals surface area contributed by atoms with Crippen molar-refractivity contribution in [1.29, 1.82) is 0 Å². The van der Waals surface area contributed by atoms with Gasteiger partial charge >= 0.3 is 0 Å². The van der Waals surface area contributed by atoms with Gasteiger partial charge in [0.2, 0.25) is 0 Å². The zero-order valence-electron chi connectivity index (χ0n) is 11.2. The predicted octanol–water partition coefficient (Wildman–Crippen LogP) is 0.855. The molecule has 2 heterocycles. The normalized spacial score (nSPS) is 18.7. The van der Waals surface area contributed by atoms with Crippen LogP contribution in [0.1, 0.15) is 18.9 Å². The van der Waals surface area contributed by atoms with Gasteiger partial charge in [-0.15, -0.1) is 0 Å². The molecule has 1 saturated heterocycles. The van der Waals surface area contributed by atoms with E-state index in [0.29, 0.717) is 6.04 Å². The molecule has 0 bridgehead atoms. The molecule has 1 aromatic heterocycles. The first kappa shape index (κ1) is 13.5. The minimum atomic E-state index is 0.678. The fourth-order valence-electron chi connectivity index (χ4n) is 2.35. The Labute approximate surface area is 110 Å². The van der Waals surface area contributed by atoms with E-state index in [0.717, 1.165) is 26.2 Å². The summed E-state index contributed by atoms with van der Waals surface area (Å²) in [5.41, 5.74) is 1.31. The molecule has 0 aromatic carbocycles. The second kappa shape index (κ2) is 7.46. The molecule has 0 amide bonds. The highest BCUT2D eigenvalue weighted by molar-refractivity contribution is 5.08. The Morgan fingerprint density at radius 2 is 2.06 bits per heavy atom. The average molecular weight is 248 g/mol. The second-order valence-electron chi connectivity index (χ2n) is 4.96. The van der Waals surface area contributed by atoms with Gasteiger partial charge in [-0.25, -0.2) is 0 Å². The van der Waals surface area contributed by atoms with Crippen molar-refractivity contribution >= 4 is 0 Å². The SMILES string of the molecule is CC(CCNCc1ccncc1)N1CCNCC1. The van der Waals surface area contributed by atoms with E-state index in [1.54, 1.807) is 0 Å². The molecule has 0 aliphatic carbocycles. The van der Waals surface area contributed by atoms with Gasteiger partial charge in [-0.2, -0.15) is 0 Å². The number of aromatic nitrogens is 1. The first-order valence-corrected chi connectivity index (χ1v) is 6.90. The van der Waals surface area contributed by atoms with E-state index in [1.165, 1.54) is 25.1 Å². The Morgan fingerprint density at radius 1 is 1.33 bits per heavy atom. The van der Waals surface area contributed by atoms with Gasteiger partial charge in [-0.3, -0.25) is 9.88 Å². The standard InChI is InChI=1S/C14H24N4/c1-13(18-10-8-16-9-11-18)2-5-17-12-14-3-6-15-7-4-14/h3-4,6-7,13,16-17H,2,5,8-12H2,1H3. The van der Waals surface area contributed by atoms with Gasteiger partial charge in [0.25, 0.3) is 0 Å². The van der Waals surface area contributed by atoms with Gasteiger partial charge < -0.3 is 10.6 Å². The molecule has 1 aromatic rings. The van der Waals surface area contributed by atoms with Crippen molar-refractivity contribution in [1.82, 2.24) is 20.5 Å². The van der Waals surface area contributed by atoms with Crippen molar-refractivity contribution in [3.63, 3.8) is 0 Å². The van der Waals surface area contributed by atoms with Crippen LogP contribution in [0.4, 0.5) is 0 Å². The second-order valence-corrected chi connectivity index (χ2v) is 4.96. The molecule has 4 nitrogen and oxygen atoms in total. The van der Waals surface area contributed by atoms with Crippen LogP contribution in [0.15, 0.2) is 24.5 Å². The molecule has 100 valence electrons. The fourth-order valence-corrected chi connectivity index (χ4v) is 2.35. The van der Waals surface area contributed by atoms with Crippen LogP contribution in [0.3, 0.4) is 0 Å². The molecule has 18 heavy (non-hydrogen) atoms. The van der Waals surface area contributed by atoms with Crippen LogP contribution in [-0.4, -0.2) is 48.6 Å². The maximum absolute atomic E-state index is 4.02. The molecule has 1 atom stereocenters. The monoisotopic (exact) mass is 248 g/mol. The van der Waals surface area contributed by atoms with Gasteiger partial charge in [-0.05, 0) is 37.6 Å². The van der Waals surface area contributed by atoms with Crippen molar-refractivity contribution in [2.75, 3.05) is 32.7 Å². The van der Waals surface area contributed by atoms with Gasteiger partial charge in [0.15, 0.2) is 0 Å². The number of nitrogens with zero attached hydrogens (tertiary/aromatic N) is 2. The van der Waals surface area contributed by atoms with Crippen LogP contribution in [0, 0.1) is 0 Å². The first-order chi connectivity index (χ1) is 8.86. The Balaban J connectivity index is 1.60. The lowest BCUT2D eigenvalue weighted by molar-refractivity contribution is 0.176. The zero-order valence-corrected chi connectivity index (χ0v) is 11.2.